The summed E-state index contributed by atoms with van der Waals surface area (Å²) < 4.78 is 25.7. The van der Waals surface area contributed by atoms with Crippen LogP contribution in [0.1, 0.15) is 18.1 Å². The Labute approximate surface area is 148 Å². The monoisotopic (exact) mass is 359 g/mol. The summed E-state index contributed by atoms with van der Waals surface area (Å²) in [5.74, 6) is -0.511. The van der Waals surface area contributed by atoms with Gasteiger partial charge < -0.3 is 0 Å². The van der Waals surface area contributed by atoms with Gasteiger partial charge in [0.2, 0.25) is 10.0 Å². The van der Waals surface area contributed by atoms with Crippen molar-refractivity contribution in [3.05, 3.63) is 65.7 Å². The summed E-state index contributed by atoms with van der Waals surface area (Å²) in [4.78, 5) is 12.0. The topological polar surface area (TPSA) is 78.8 Å². The van der Waals surface area contributed by atoms with Crippen LogP contribution in [-0.4, -0.2) is 38.4 Å². The number of amides is 1. The number of hydrazone groups is 1. The second kappa shape index (κ2) is 8.55. The quantitative estimate of drug-likeness (QED) is 0.607. The smallest absolute Gasteiger partial charge is 0.255 e. The predicted molar refractivity (Wildman–Crippen MR) is 97.8 cm³/mol. The minimum absolute atomic E-state index is 0.143. The number of rotatable bonds is 7. The highest BCUT2D eigenvalue weighted by Crippen LogP contribution is 2.12. The van der Waals surface area contributed by atoms with Crippen LogP contribution in [0.25, 0.3) is 0 Å². The van der Waals surface area contributed by atoms with Gasteiger partial charge in [0.15, 0.2) is 0 Å². The second-order valence-corrected chi connectivity index (χ2v) is 7.51. The van der Waals surface area contributed by atoms with E-state index < -0.39 is 15.9 Å². The molecule has 0 saturated carbocycles. The van der Waals surface area contributed by atoms with Gasteiger partial charge in [0.1, 0.15) is 0 Å². The number of sulfonamides is 1. The highest BCUT2D eigenvalue weighted by atomic mass is 32.2. The van der Waals surface area contributed by atoms with Gasteiger partial charge >= 0.3 is 0 Å². The molecule has 0 spiro atoms. The summed E-state index contributed by atoms with van der Waals surface area (Å²) in [6, 6.07) is 15.8. The zero-order chi connectivity index (χ0) is 18.3. The Morgan fingerprint density at radius 3 is 2.36 bits per heavy atom. The number of nitrogens with zero attached hydrogens (tertiary/aromatic N) is 2. The number of hydrogen-bond acceptors (Lipinski definition) is 4. The molecule has 0 aromatic heterocycles. The lowest BCUT2D eigenvalue weighted by Gasteiger charge is -2.15. The van der Waals surface area contributed by atoms with Gasteiger partial charge in [0.05, 0.1) is 17.7 Å². The number of likely N-dealkylation sites (N-methyl/N-ethyl adjacent to an activating group) is 1. The van der Waals surface area contributed by atoms with Crippen LogP contribution in [-0.2, 0) is 21.2 Å². The van der Waals surface area contributed by atoms with Gasteiger partial charge in [0.25, 0.3) is 5.91 Å². The first-order chi connectivity index (χ1) is 11.9. The van der Waals surface area contributed by atoms with Crippen LogP contribution in [0.3, 0.4) is 0 Å². The summed E-state index contributed by atoms with van der Waals surface area (Å²) >= 11 is 0. The predicted octanol–water partition coefficient (Wildman–Crippen LogP) is 2.02. The standard InChI is InChI=1S/C18H21N3O3S/c1-3-15-9-11-16(12-10-15)13-19-20-18(22)14-21(2)25(23,24)17-7-5-4-6-8-17/h4-13H,3,14H2,1-2H3,(H,20,22)/b19-13-. The molecule has 0 atom stereocenters. The van der Waals surface area contributed by atoms with Gasteiger partial charge in [-0.1, -0.05) is 49.4 Å². The van der Waals surface area contributed by atoms with Gasteiger partial charge in [-0.3, -0.25) is 4.79 Å². The van der Waals surface area contributed by atoms with Gasteiger partial charge in [-0.2, -0.15) is 9.41 Å². The van der Waals surface area contributed by atoms with E-state index in [-0.39, 0.29) is 11.4 Å². The maximum Gasteiger partial charge on any atom is 0.255 e. The third-order valence-electron chi connectivity index (χ3n) is 3.61. The van der Waals surface area contributed by atoms with Crippen molar-refractivity contribution in [3.8, 4) is 0 Å². The fraction of sp³-hybridized carbons (Fsp3) is 0.222. The molecular weight excluding hydrogens is 338 g/mol. The summed E-state index contributed by atoms with van der Waals surface area (Å²) in [6.45, 7) is 1.76. The van der Waals surface area contributed by atoms with Crippen LogP contribution < -0.4 is 5.43 Å². The lowest BCUT2D eigenvalue weighted by molar-refractivity contribution is -0.121. The number of carbonyl (C=O) groups is 1. The largest absolute Gasteiger partial charge is 0.272 e. The molecule has 0 saturated heterocycles. The molecular formula is C18H21N3O3S. The Bertz CT molecular complexity index is 832. The summed E-state index contributed by atoms with van der Waals surface area (Å²) in [5.41, 5.74) is 4.40. The lowest BCUT2D eigenvalue weighted by Crippen LogP contribution is -2.36. The van der Waals surface area contributed by atoms with E-state index >= 15 is 0 Å². The average molecular weight is 359 g/mol. The molecule has 2 aromatic rings. The number of benzene rings is 2. The van der Waals surface area contributed by atoms with Crippen molar-refractivity contribution in [2.75, 3.05) is 13.6 Å². The van der Waals surface area contributed by atoms with E-state index in [0.717, 1.165) is 16.3 Å². The minimum Gasteiger partial charge on any atom is -0.272 e. The highest BCUT2D eigenvalue weighted by Gasteiger charge is 2.22. The molecule has 0 aliphatic carbocycles. The van der Waals surface area contributed by atoms with Crippen molar-refractivity contribution in [1.29, 1.82) is 0 Å². The van der Waals surface area contributed by atoms with Gasteiger partial charge in [-0.25, -0.2) is 13.8 Å². The molecule has 1 amide bonds. The maximum atomic E-state index is 12.3. The zero-order valence-corrected chi connectivity index (χ0v) is 15.0. The van der Waals surface area contributed by atoms with Crippen LogP contribution in [0, 0.1) is 0 Å². The first-order valence-corrected chi connectivity index (χ1v) is 9.29. The molecule has 0 aliphatic rings. The van der Waals surface area contributed by atoms with Gasteiger partial charge in [-0.05, 0) is 29.7 Å². The van der Waals surface area contributed by atoms with Crippen LogP contribution in [0.15, 0.2) is 64.6 Å². The van der Waals surface area contributed by atoms with Gasteiger partial charge in [-0.15, -0.1) is 0 Å². The van der Waals surface area contributed by atoms with E-state index in [4.69, 9.17) is 0 Å². The summed E-state index contributed by atoms with van der Waals surface area (Å²) in [7, 11) is -2.34. The Morgan fingerprint density at radius 1 is 1.12 bits per heavy atom. The molecule has 0 aliphatic heterocycles. The summed E-state index contributed by atoms with van der Waals surface area (Å²) in [5, 5.41) is 3.86. The van der Waals surface area contributed by atoms with Crippen molar-refractivity contribution in [2.45, 2.75) is 18.2 Å². The minimum atomic E-state index is -3.70. The van der Waals surface area contributed by atoms with Crippen molar-refractivity contribution in [2.24, 2.45) is 5.10 Å². The molecule has 0 bridgehead atoms. The molecule has 1 N–H and O–H groups in total. The molecule has 0 heterocycles. The van der Waals surface area contributed by atoms with Crippen molar-refractivity contribution < 1.29 is 13.2 Å². The normalized spacial score (nSPS) is 11.8. The third kappa shape index (κ3) is 5.23. The van der Waals surface area contributed by atoms with E-state index in [2.05, 4.69) is 17.5 Å². The van der Waals surface area contributed by atoms with E-state index in [9.17, 15) is 13.2 Å². The maximum absolute atomic E-state index is 12.3. The molecule has 25 heavy (non-hydrogen) atoms. The molecule has 7 heteroatoms. The Hall–Kier alpha value is -2.51. The van der Waals surface area contributed by atoms with Crippen molar-refractivity contribution >= 4 is 22.1 Å². The fourth-order valence-corrected chi connectivity index (χ4v) is 3.26. The Morgan fingerprint density at radius 2 is 1.76 bits per heavy atom. The van der Waals surface area contributed by atoms with Crippen LogP contribution >= 0.6 is 0 Å². The van der Waals surface area contributed by atoms with Crippen LogP contribution in [0.4, 0.5) is 0 Å². The Kier molecular flexibility index (Phi) is 6.44. The number of carbonyl (C=O) groups excluding carboxylic acids is 1. The number of aryl methyl sites for hydroxylation is 1. The molecule has 0 radical (unpaired) electrons. The first kappa shape index (κ1) is 18.8. The second-order valence-electron chi connectivity index (χ2n) is 5.46. The average Bonchev–Trinajstić information content (AvgIpc) is 2.63. The zero-order valence-electron chi connectivity index (χ0n) is 14.2. The van der Waals surface area contributed by atoms with Crippen molar-refractivity contribution in [3.63, 3.8) is 0 Å². The van der Waals surface area contributed by atoms with E-state index in [0.29, 0.717) is 0 Å². The van der Waals surface area contributed by atoms with Gasteiger partial charge in [0, 0.05) is 7.05 Å². The van der Waals surface area contributed by atoms with E-state index in [1.54, 1.807) is 18.2 Å². The first-order valence-electron chi connectivity index (χ1n) is 7.85. The lowest BCUT2D eigenvalue weighted by atomic mass is 10.1. The van der Waals surface area contributed by atoms with Crippen molar-refractivity contribution in [1.82, 2.24) is 9.73 Å². The molecule has 2 rings (SSSR count). The molecule has 0 unspecified atom stereocenters. The third-order valence-corrected chi connectivity index (χ3v) is 5.43. The number of nitrogens with one attached hydrogen (secondary N) is 1. The SMILES string of the molecule is CCc1ccc(/C=N\NC(=O)CN(C)S(=O)(=O)c2ccccc2)cc1. The number of hydrogen-bond donors (Lipinski definition) is 1. The molecule has 0 fully saturated rings. The van der Waals surface area contributed by atoms with E-state index in [1.165, 1.54) is 31.0 Å². The molecule has 6 nitrogen and oxygen atoms in total. The fourth-order valence-electron chi connectivity index (χ4n) is 2.11. The Balaban J connectivity index is 1.92. The highest BCUT2D eigenvalue weighted by molar-refractivity contribution is 7.89. The molecule has 132 valence electrons. The molecule has 2 aromatic carbocycles. The van der Waals surface area contributed by atoms with Crippen LogP contribution in [0.2, 0.25) is 0 Å². The van der Waals surface area contributed by atoms with Crippen LogP contribution in [0.5, 0.6) is 0 Å². The van der Waals surface area contributed by atoms with E-state index in [1.807, 2.05) is 24.3 Å². The summed E-state index contributed by atoms with van der Waals surface area (Å²) in [6.07, 6.45) is 2.47.